The molecule has 0 aliphatic heterocycles. The molecule has 3 rings (SSSR count). The molecule has 0 aliphatic carbocycles. The SMILES string of the molecule is NCC(=O)NC(Cc1ccc(O)cc1)C(=O)NC(Cc1ccc(O)cc1)C(=O)NC(Cc1cnc[nH]1)C(=O)O. The number of aromatic amines is 1. The first-order valence-corrected chi connectivity index (χ1v) is 12.0. The number of phenols is 2. The molecule has 0 fully saturated rings. The number of carboxylic acid groups (broad SMARTS) is 1. The van der Waals surface area contributed by atoms with Crippen molar-refractivity contribution in [3.8, 4) is 11.5 Å². The highest BCUT2D eigenvalue weighted by molar-refractivity contribution is 5.94. The van der Waals surface area contributed by atoms with Crippen molar-refractivity contribution in [1.82, 2.24) is 25.9 Å². The van der Waals surface area contributed by atoms with E-state index in [4.69, 9.17) is 5.73 Å². The summed E-state index contributed by atoms with van der Waals surface area (Å²) in [6.07, 6.45) is 2.74. The van der Waals surface area contributed by atoms with Crippen LogP contribution in [0.15, 0.2) is 61.1 Å². The Balaban J connectivity index is 1.82. The van der Waals surface area contributed by atoms with Crippen molar-refractivity contribution in [1.29, 1.82) is 0 Å². The van der Waals surface area contributed by atoms with Crippen LogP contribution >= 0.6 is 0 Å². The summed E-state index contributed by atoms with van der Waals surface area (Å²) in [4.78, 5) is 57.2. The molecule has 1 aromatic heterocycles. The van der Waals surface area contributed by atoms with Crippen LogP contribution in [0, 0.1) is 0 Å². The summed E-state index contributed by atoms with van der Waals surface area (Å²) < 4.78 is 0. The standard InChI is InChI=1S/C26H30N6O7/c27-12-23(35)30-20(9-15-1-5-18(33)6-2-15)24(36)31-21(10-16-3-7-19(34)8-4-16)25(37)32-22(26(38)39)11-17-13-28-14-29-17/h1-8,13-14,20-22,33-34H,9-12,27H2,(H,28,29)(H,30,35)(H,31,36)(H,32,37)(H,38,39). The number of rotatable bonds is 13. The Labute approximate surface area is 223 Å². The normalized spacial score (nSPS) is 13.1. The predicted molar refractivity (Wildman–Crippen MR) is 138 cm³/mol. The summed E-state index contributed by atoms with van der Waals surface area (Å²) in [5.41, 5.74) is 7.10. The number of nitrogens with two attached hydrogens (primary N) is 1. The third-order valence-electron chi connectivity index (χ3n) is 5.82. The molecule has 3 atom stereocenters. The molecule has 0 spiro atoms. The lowest BCUT2D eigenvalue weighted by atomic mass is 10.0. The van der Waals surface area contributed by atoms with Gasteiger partial charge in [0.05, 0.1) is 12.9 Å². The Morgan fingerprint density at radius 1 is 0.769 bits per heavy atom. The van der Waals surface area contributed by atoms with Crippen LogP contribution in [0.2, 0.25) is 0 Å². The number of aliphatic carboxylic acids is 1. The highest BCUT2D eigenvalue weighted by atomic mass is 16.4. The van der Waals surface area contributed by atoms with Crippen LogP contribution in [0.5, 0.6) is 11.5 Å². The molecule has 206 valence electrons. The van der Waals surface area contributed by atoms with Crippen molar-refractivity contribution >= 4 is 23.7 Å². The number of hydrogen-bond acceptors (Lipinski definition) is 8. The van der Waals surface area contributed by atoms with Crippen LogP contribution in [0.4, 0.5) is 0 Å². The molecule has 3 unspecified atom stereocenters. The van der Waals surface area contributed by atoms with Crippen molar-refractivity contribution in [3.63, 3.8) is 0 Å². The lowest BCUT2D eigenvalue weighted by molar-refractivity contribution is -0.142. The number of nitrogens with one attached hydrogen (secondary N) is 4. The number of aromatic nitrogens is 2. The second-order valence-electron chi connectivity index (χ2n) is 8.81. The van der Waals surface area contributed by atoms with Gasteiger partial charge < -0.3 is 42.0 Å². The molecule has 0 saturated heterocycles. The first-order chi connectivity index (χ1) is 18.6. The van der Waals surface area contributed by atoms with E-state index >= 15 is 0 Å². The smallest absolute Gasteiger partial charge is 0.326 e. The van der Waals surface area contributed by atoms with E-state index in [1.165, 1.54) is 36.8 Å². The van der Waals surface area contributed by atoms with Crippen LogP contribution in [0.1, 0.15) is 16.8 Å². The van der Waals surface area contributed by atoms with Gasteiger partial charge in [-0.05, 0) is 35.4 Å². The van der Waals surface area contributed by atoms with Gasteiger partial charge in [0.15, 0.2) is 0 Å². The number of carbonyl (C=O) groups is 4. The van der Waals surface area contributed by atoms with Gasteiger partial charge >= 0.3 is 5.97 Å². The minimum absolute atomic E-state index is 0.00717. The van der Waals surface area contributed by atoms with Gasteiger partial charge in [-0.1, -0.05) is 24.3 Å². The predicted octanol–water partition coefficient (Wildman–Crippen LogP) is -0.653. The monoisotopic (exact) mass is 538 g/mol. The van der Waals surface area contributed by atoms with E-state index in [2.05, 4.69) is 25.9 Å². The van der Waals surface area contributed by atoms with Crippen molar-refractivity contribution in [2.75, 3.05) is 6.54 Å². The fraction of sp³-hybridized carbons (Fsp3) is 0.269. The molecule has 13 nitrogen and oxygen atoms in total. The quantitative estimate of drug-likeness (QED) is 0.138. The molecule has 0 aliphatic rings. The van der Waals surface area contributed by atoms with E-state index in [1.807, 2.05) is 0 Å². The summed E-state index contributed by atoms with van der Waals surface area (Å²) in [6, 6.07) is 8.31. The maximum atomic E-state index is 13.3. The number of carboxylic acids is 1. The first-order valence-electron chi connectivity index (χ1n) is 12.0. The van der Waals surface area contributed by atoms with Gasteiger partial charge in [0.25, 0.3) is 0 Å². The number of phenolic OH excluding ortho intramolecular Hbond substituents is 2. The molecule has 1 heterocycles. The van der Waals surface area contributed by atoms with Gasteiger partial charge in [-0.25, -0.2) is 9.78 Å². The lowest BCUT2D eigenvalue weighted by Gasteiger charge is -2.25. The highest BCUT2D eigenvalue weighted by Crippen LogP contribution is 2.14. The van der Waals surface area contributed by atoms with Crippen molar-refractivity contribution in [2.24, 2.45) is 5.73 Å². The topological polar surface area (TPSA) is 220 Å². The average molecular weight is 539 g/mol. The Kier molecular flexibility index (Phi) is 9.98. The van der Waals surface area contributed by atoms with E-state index in [0.29, 0.717) is 16.8 Å². The fourth-order valence-corrected chi connectivity index (χ4v) is 3.77. The highest BCUT2D eigenvalue weighted by Gasteiger charge is 2.30. The molecule has 13 heteroatoms. The summed E-state index contributed by atoms with van der Waals surface area (Å²) in [5.74, 6) is -3.32. The van der Waals surface area contributed by atoms with Crippen molar-refractivity contribution in [3.05, 3.63) is 77.9 Å². The van der Waals surface area contributed by atoms with Crippen LogP contribution in [0.3, 0.4) is 0 Å². The van der Waals surface area contributed by atoms with E-state index in [0.717, 1.165) is 0 Å². The summed E-state index contributed by atoms with van der Waals surface area (Å²) in [6.45, 7) is -0.370. The second-order valence-corrected chi connectivity index (χ2v) is 8.81. The molecule has 0 radical (unpaired) electrons. The number of carbonyl (C=O) groups excluding carboxylic acids is 3. The Bertz CT molecular complexity index is 1260. The van der Waals surface area contributed by atoms with Gasteiger partial charge in [0, 0.05) is 31.2 Å². The van der Waals surface area contributed by atoms with Crippen LogP contribution in [0.25, 0.3) is 0 Å². The second kappa shape index (κ2) is 13.6. The molecule has 3 aromatic rings. The first kappa shape index (κ1) is 28.7. The molecule has 0 saturated carbocycles. The molecule has 2 aromatic carbocycles. The lowest BCUT2D eigenvalue weighted by Crippen LogP contribution is -2.57. The maximum Gasteiger partial charge on any atom is 0.326 e. The zero-order chi connectivity index (χ0) is 28.4. The summed E-state index contributed by atoms with van der Waals surface area (Å²) in [7, 11) is 0. The summed E-state index contributed by atoms with van der Waals surface area (Å²) >= 11 is 0. The maximum absolute atomic E-state index is 13.3. The van der Waals surface area contributed by atoms with Gasteiger partial charge in [-0.3, -0.25) is 14.4 Å². The van der Waals surface area contributed by atoms with Crippen LogP contribution in [-0.2, 0) is 38.4 Å². The molecule has 0 bridgehead atoms. The Hall–Kier alpha value is -4.91. The Morgan fingerprint density at radius 3 is 1.69 bits per heavy atom. The van der Waals surface area contributed by atoms with Gasteiger partial charge in [0.1, 0.15) is 29.6 Å². The number of aromatic hydroxyl groups is 2. The van der Waals surface area contributed by atoms with E-state index in [1.54, 1.807) is 24.3 Å². The number of nitrogens with zero attached hydrogens (tertiary/aromatic N) is 1. The van der Waals surface area contributed by atoms with Crippen LogP contribution in [-0.4, -0.2) is 73.6 Å². The van der Waals surface area contributed by atoms with Gasteiger partial charge in [0.2, 0.25) is 17.7 Å². The average Bonchev–Trinajstić information content (AvgIpc) is 3.43. The zero-order valence-electron chi connectivity index (χ0n) is 20.8. The van der Waals surface area contributed by atoms with Gasteiger partial charge in [-0.2, -0.15) is 0 Å². The molecule has 3 amide bonds. The molecule has 39 heavy (non-hydrogen) atoms. The Morgan fingerprint density at radius 2 is 1.26 bits per heavy atom. The van der Waals surface area contributed by atoms with E-state index in [-0.39, 0.29) is 37.3 Å². The zero-order valence-corrected chi connectivity index (χ0v) is 20.8. The number of H-pyrrole nitrogens is 1. The largest absolute Gasteiger partial charge is 0.508 e. The van der Waals surface area contributed by atoms with Crippen molar-refractivity contribution < 1.29 is 34.5 Å². The van der Waals surface area contributed by atoms with Crippen LogP contribution < -0.4 is 21.7 Å². The third-order valence-corrected chi connectivity index (χ3v) is 5.82. The fourth-order valence-electron chi connectivity index (χ4n) is 3.77. The number of hydrogen-bond donors (Lipinski definition) is 8. The minimum atomic E-state index is -1.32. The molecular weight excluding hydrogens is 508 g/mol. The number of imidazole rings is 1. The molecular formula is C26H30N6O7. The van der Waals surface area contributed by atoms with E-state index in [9.17, 15) is 34.5 Å². The number of amides is 3. The van der Waals surface area contributed by atoms with E-state index < -0.39 is 41.8 Å². The molecule has 9 N–H and O–H groups in total. The minimum Gasteiger partial charge on any atom is -0.508 e. The van der Waals surface area contributed by atoms with Gasteiger partial charge in [-0.15, -0.1) is 0 Å². The third kappa shape index (κ3) is 8.86. The van der Waals surface area contributed by atoms with Crippen molar-refractivity contribution in [2.45, 2.75) is 37.4 Å². The number of benzene rings is 2. The summed E-state index contributed by atoms with van der Waals surface area (Å²) in [5, 5.41) is 36.4.